The molecule has 1 aliphatic rings. The number of rotatable bonds is 5. The summed E-state index contributed by atoms with van der Waals surface area (Å²) in [6.07, 6.45) is 5.17. The predicted molar refractivity (Wildman–Crippen MR) is 114 cm³/mol. The number of hydrogen-bond acceptors (Lipinski definition) is 8. The lowest BCUT2D eigenvalue weighted by Crippen LogP contribution is -2.28. The zero-order valence-electron chi connectivity index (χ0n) is 16.2. The van der Waals surface area contributed by atoms with Crippen molar-refractivity contribution >= 4 is 49.8 Å². The molecule has 0 bridgehead atoms. The topological polar surface area (TPSA) is 114 Å². The van der Waals surface area contributed by atoms with Crippen molar-refractivity contribution in [2.45, 2.75) is 39.2 Å². The maximum atomic E-state index is 12.9. The van der Waals surface area contributed by atoms with Crippen LogP contribution in [0.4, 0.5) is 5.00 Å². The van der Waals surface area contributed by atoms with Crippen molar-refractivity contribution in [3.8, 4) is 6.07 Å². The van der Waals surface area contributed by atoms with E-state index in [4.69, 9.17) is 4.74 Å². The molecule has 0 aromatic carbocycles. The minimum Gasteiger partial charge on any atom is -0.462 e. The van der Waals surface area contributed by atoms with Crippen LogP contribution in [0.2, 0.25) is 0 Å². The number of carbonyl (C=O) groups excluding carboxylic acids is 2. The lowest BCUT2D eigenvalue weighted by atomic mass is 9.96. The Bertz CT molecular complexity index is 1250. The quantitative estimate of drug-likeness (QED) is 0.608. The molecule has 1 amide bonds. The van der Waals surface area contributed by atoms with Gasteiger partial charge in [-0.25, -0.2) is 9.78 Å². The van der Waals surface area contributed by atoms with Crippen LogP contribution >= 0.6 is 22.7 Å². The summed E-state index contributed by atoms with van der Waals surface area (Å²) >= 11 is 2.60. The number of nitrogens with zero attached hydrogens (tertiary/aromatic N) is 3. The largest absolute Gasteiger partial charge is 0.462 e. The highest BCUT2D eigenvalue weighted by atomic mass is 32.1. The zero-order valence-corrected chi connectivity index (χ0v) is 17.8. The van der Waals surface area contributed by atoms with Gasteiger partial charge in [-0.1, -0.05) is 0 Å². The number of fused-ring (bicyclic) bond motifs is 2. The molecule has 10 heteroatoms. The summed E-state index contributed by atoms with van der Waals surface area (Å²) in [4.78, 5) is 43.4. The number of esters is 1. The number of nitrogens with one attached hydrogen (secondary N) is 1. The van der Waals surface area contributed by atoms with Crippen LogP contribution in [0.1, 0.15) is 46.1 Å². The van der Waals surface area contributed by atoms with Gasteiger partial charge in [-0.2, -0.15) is 5.26 Å². The molecule has 0 aliphatic heterocycles. The van der Waals surface area contributed by atoms with E-state index in [2.05, 4.69) is 16.4 Å². The van der Waals surface area contributed by atoms with E-state index in [0.29, 0.717) is 15.4 Å². The van der Waals surface area contributed by atoms with E-state index in [0.717, 1.165) is 40.7 Å². The lowest BCUT2D eigenvalue weighted by molar-refractivity contribution is -0.116. The third kappa shape index (κ3) is 3.62. The standard InChI is InChI=1S/C20H18N4O4S2/c1-2-28-20(27)13-9-29-18-16(13)19(26)24(10-22-18)8-15(25)23-17-12(7-21)11-5-3-4-6-14(11)30-17/h9-10H,2-6,8H2,1H3,(H,23,25). The summed E-state index contributed by atoms with van der Waals surface area (Å²) in [6, 6.07) is 2.20. The van der Waals surface area contributed by atoms with Crippen molar-refractivity contribution in [2.24, 2.45) is 0 Å². The van der Waals surface area contributed by atoms with Gasteiger partial charge in [0.25, 0.3) is 5.56 Å². The first-order valence-electron chi connectivity index (χ1n) is 9.51. The van der Waals surface area contributed by atoms with Crippen LogP contribution in [0, 0.1) is 11.3 Å². The number of aryl methyl sites for hydroxylation is 1. The van der Waals surface area contributed by atoms with E-state index in [-0.39, 0.29) is 24.1 Å². The fraction of sp³-hybridized carbons (Fsp3) is 0.350. The Hall–Kier alpha value is -3.03. The average Bonchev–Trinajstić information content (AvgIpc) is 3.31. The van der Waals surface area contributed by atoms with Crippen molar-refractivity contribution in [3.63, 3.8) is 0 Å². The van der Waals surface area contributed by atoms with Gasteiger partial charge in [0, 0.05) is 10.3 Å². The number of amides is 1. The maximum absolute atomic E-state index is 12.9. The summed E-state index contributed by atoms with van der Waals surface area (Å²) < 4.78 is 6.16. The molecular formula is C20H18N4O4S2. The Labute approximate surface area is 179 Å². The number of anilines is 1. The Kier molecular flexibility index (Phi) is 5.65. The average molecular weight is 443 g/mol. The van der Waals surface area contributed by atoms with E-state index in [1.54, 1.807) is 6.92 Å². The van der Waals surface area contributed by atoms with Gasteiger partial charge < -0.3 is 10.1 Å². The molecule has 0 atom stereocenters. The van der Waals surface area contributed by atoms with E-state index >= 15 is 0 Å². The summed E-state index contributed by atoms with van der Waals surface area (Å²) in [5, 5.41) is 14.5. The van der Waals surface area contributed by atoms with Crippen LogP contribution < -0.4 is 10.9 Å². The molecular weight excluding hydrogens is 424 g/mol. The van der Waals surface area contributed by atoms with Crippen LogP contribution in [0.5, 0.6) is 0 Å². The molecule has 0 saturated heterocycles. The summed E-state index contributed by atoms with van der Waals surface area (Å²) in [7, 11) is 0. The zero-order chi connectivity index (χ0) is 21.3. The lowest BCUT2D eigenvalue weighted by Gasteiger charge is -2.09. The molecule has 0 unspecified atom stereocenters. The molecule has 3 aromatic heterocycles. The fourth-order valence-corrected chi connectivity index (χ4v) is 5.65. The van der Waals surface area contributed by atoms with Gasteiger partial charge in [-0.15, -0.1) is 22.7 Å². The van der Waals surface area contributed by atoms with Gasteiger partial charge in [-0.3, -0.25) is 14.2 Å². The second-order valence-corrected chi connectivity index (χ2v) is 8.77. The second-order valence-electron chi connectivity index (χ2n) is 6.80. The summed E-state index contributed by atoms with van der Waals surface area (Å²) in [6.45, 7) is 1.61. The molecule has 30 heavy (non-hydrogen) atoms. The Morgan fingerprint density at radius 2 is 2.17 bits per heavy atom. The molecule has 3 heterocycles. The van der Waals surface area contributed by atoms with Gasteiger partial charge in [-0.05, 0) is 38.2 Å². The van der Waals surface area contributed by atoms with Gasteiger partial charge in [0.2, 0.25) is 5.91 Å². The van der Waals surface area contributed by atoms with Crippen LogP contribution in [0.25, 0.3) is 10.2 Å². The molecule has 0 radical (unpaired) electrons. The van der Waals surface area contributed by atoms with Crippen molar-refractivity contribution in [3.05, 3.63) is 43.6 Å². The van der Waals surface area contributed by atoms with Crippen LogP contribution in [0.15, 0.2) is 16.5 Å². The highest BCUT2D eigenvalue weighted by Crippen LogP contribution is 2.37. The normalized spacial score (nSPS) is 12.9. The smallest absolute Gasteiger partial charge is 0.339 e. The first-order chi connectivity index (χ1) is 14.5. The first kappa shape index (κ1) is 20.3. The third-order valence-corrected chi connectivity index (χ3v) is 7.00. The minimum atomic E-state index is -0.590. The van der Waals surface area contributed by atoms with Crippen molar-refractivity contribution in [1.29, 1.82) is 5.26 Å². The van der Waals surface area contributed by atoms with E-state index in [1.165, 1.54) is 34.4 Å². The van der Waals surface area contributed by atoms with Crippen molar-refractivity contribution in [2.75, 3.05) is 11.9 Å². The molecule has 4 rings (SSSR count). The Morgan fingerprint density at radius 1 is 1.37 bits per heavy atom. The van der Waals surface area contributed by atoms with Gasteiger partial charge in [0.15, 0.2) is 0 Å². The van der Waals surface area contributed by atoms with Crippen molar-refractivity contribution < 1.29 is 14.3 Å². The SMILES string of the molecule is CCOC(=O)c1csc2ncn(CC(=O)Nc3sc4c(c3C#N)CCCC4)c(=O)c12. The first-order valence-corrected chi connectivity index (χ1v) is 11.2. The predicted octanol–water partition coefficient (Wildman–Crippen LogP) is 3.09. The number of aromatic nitrogens is 2. The van der Waals surface area contributed by atoms with E-state index < -0.39 is 17.4 Å². The number of nitriles is 1. The molecule has 1 aliphatic carbocycles. The van der Waals surface area contributed by atoms with Gasteiger partial charge in [0.1, 0.15) is 22.4 Å². The number of hydrogen-bond donors (Lipinski definition) is 1. The van der Waals surface area contributed by atoms with Gasteiger partial charge in [0.05, 0.1) is 29.4 Å². The Morgan fingerprint density at radius 3 is 2.93 bits per heavy atom. The number of ether oxygens (including phenoxy) is 1. The molecule has 0 spiro atoms. The number of carbonyl (C=O) groups is 2. The molecule has 154 valence electrons. The monoisotopic (exact) mass is 442 g/mol. The maximum Gasteiger partial charge on any atom is 0.339 e. The molecule has 0 fully saturated rings. The summed E-state index contributed by atoms with van der Waals surface area (Å²) in [5.41, 5.74) is 1.22. The number of thiophene rings is 2. The van der Waals surface area contributed by atoms with Crippen molar-refractivity contribution in [1.82, 2.24) is 9.55 Å². The molecule has 1 N–H and O–H groups in total. The molecule has 3 aromatic rings. The third-order valence-electron chi connectivity index (χ3n) is 4.91. The molecule has 8 nitrogen and oxygen atoms in total. The van der Waals surface area contributed by atoms with E-state index in [1.807, 2.05) is 0 Å². The highest BCUT2D eigenvalue weighted by molar-refractivity contribution is 7.17. The highest BCUT2D eigenvalue weighted by Gasteiger charge is 2.23. The van der Waals surface area contributed by atoms with E-state index in [9.17, 15) is 19.6 Å². The molecule has 0 saturated carbocycles. The van der Waals surface area contributed by atoms with Crippen LogP contribution in [-0.4, -0.2) is 28.0 Å². The second kappa shape index (κ2) is 8.38. The van der Waals surface area contributed by atoms with Gasteiger partial charge >= 0.3 is 5.97 Å². The minimum absolute atomic E-state index is 0.151. The Balaban J connectivity index is 1.60. The van der Waals surface area contributed by atoms with Crippen LogP contribution in [0.3, 0.4) is 0 Å². The van der Waals surface area contributed by atoms with Crippen LogP contribution in [-0.2, 0) is 28.9 Å². The fourth-order valence-electron chi connectivity index (χ4n) is 3.53. The summed E-state index contributed by atoms with van der Waals surface area (Å²) in [5.74, 6) is -1.02.